The molecule has 162 valence electrons. The van der Waals surface area contributed by atoms with Crippen LogP contribution in [0.4, 0.5) is 0 Å². The lowest BCUT2D eigenvalue weighted by Gasteiger charge is -2.31. The zero-order valence-corrected chi connectivity index (χ0v) is 17.5. The van der Waals surface area contributed by atoms with Gasteiger partial charge in [-0.3, -0.25) is 9.59 Å². The summed E-state index contributed by atoms with van der Waals surface area (Å²) < 4.78 is 12.9. The van der Waals surface area contributed by atoms with E-state index in [0.717, 1.165) is 12.8 Å². The van der Waals surface area contributed by atoms with Crippen molar-refractivity contribution in [1.82, 2.24) is 25.2 Å². The molecular weight excluding hydrogens is 398 g/mol. The third-order valence-electron chi connectivity index (χ3n) is 4.97. The molecule has 0 aliphatic carbocycles. The minimum absolute atomic E-state index is 0.0181. The minimum atomic E-state index is -0.258. The minimum Gasteiger partial charge on any atom is -0.426 e. The van der Waals surface area contributed by atoms with Crippen LogP contribution in [0.2, 0.25) is 0 Å². The van der Waals surface area contributed by atoms with Gasteiger partial charge in [0.1, 0.15) is 5.75 Å². The van der Waals surface area contributed by atoms with E-state index in [-0.39, 0.29) is 41.3 Å². The smallest absolute Gasteiger partial charge is 0.290 e. The molecule has 0 spiro atoms. The maximum atomic E-state index is 12.9. The summed E-state index contributed by atoms with van der Waals surface area (Å²) in [5.41, 5.74) is 0.269. The SMILES string of the molecule is CC(C)NC(=O)c1cn(C2CCCN(C(=O)c3ccc(Oc4ccccc4)o3)C2)nn1. The Morgan fingerprint density at radius 1 is 1.19 bits per heavy atom. The molecular formula is C22H25N5O4. The third-order valence-corrected chi connectivity index (χ3v) is 4.97. The lowest BCUT2D eigenvalue weighted by molar-refractivity contribution is 0.0635. The molecule has 0 radical (unpaired) electrons. The third kappa shape index (κ3) is 4.93. The van der Waals surface area contributed by atoms with E-state index in [4.69, 9.17) is 9.15 Å². The number of hydrogen-bond acceptors (Lipinski definition) is 6. The second-order valence-corrected chi connectivity index (χ2v) is 7.79. The van der Waals surface area contributed by atoms with Gasteiger partial charge in [0.15, 0.2) is 11.5 Å². The highest BCUT2D eigenvalue weighted by Crippen LogP contribution is 2.26. The molecule has 2 amide bonds. The van der Waals surface area contributed by atoms with Crippen molar-refractivity contribution in [2.24, 2.45) is 0 Å². The summed E-state index contributed by atoms with van der Waals surface area (Å²) in [6.07, 6.45) is 3.30. The Hall–Kier alpha value is -3.62. The number of piperidine rings is 1. The number of ether oxygens (including phenoxy) is 1. The molecule has 9 nitrogen and oxygen atoms in total. The van der Waals surface area contributed by atoms with Gasteiger partial charge >= 0.3 is 0 Å². The number of para-hydroxylation sites is 1. The second-order valence-electron chi connectivity index (χ2n) is 7.79. The topological polar surface area (TPSA) is 102 Å². The Balaban J connectivity index is 1.40. The zero-order valence-electron chi connectivity index (χ0n) is 17.5. The van der Waals surface area contributed by atoms with Crippen LogP contribution in [0.5, 0.6) is 11.7 Å². The monoisotopic (exact) mass is 423 g/mol. The highest BCUT2D eigenvalue weighted by Gasteiger charge is 2.28. The van der Waals surface area contributed by atoms with Gasteiger partial charge in [-0.15, -0.1) is 5.10 Å². The average Bonchev–Trinajstić information content (AvgIpc) is 3.44. The summed E-state index contributed by atoms with van der Waals surface area (Å²) in [6, 6.07) is 12.5. The predicted octanol–water partition coefficient (Wildman–Crippen LogP) is 3.28. The molecule has 0 saturated carbocycles. The summed E-state index contributed by atoms with van der Waals surface area (Å²) in [5.74, 6) is 0.664. The molecule has 1 saturated heterocycles. The first-order chi connectivity index (χ1) is 15.0. The fourth-order valence-corrected chi connectivity index (χ4v) is 3.50. The van der Waals surface area contributed by atoms with Gasteiger partial charge in [-0.05, 0) is 44.9 Å². The van der Waals surface area contributed by atoms with Crippen molar-refractivity contribution in [3.63, 3.8) is 0 Å². The fourth-order valence-electron chi connectivity index (χ4n) is 3.50. The van der Waals surface area contributed by atoms with Gasteiger partial charge in [-0.2, -0.15) is 0 Å². The van der Waals surface area contributed by atoms with Crippen molar-refractivity contribution in [1.29, 1.82) is 0 Å². The van der Waals surface area contributed by atoms with Gasteiger partial charge in [-0.25, -0.2) is 4.68 Å². The lowest BCUT2D eigenvalue weighted by Crippen LogP contribution is -2.40. The van der Waals surface area contributed by atoms with Gasteiger partial charge < -0.3 is 19.4 Å². The van der Waals surface area contributed by atoms with Crippen molar-refractivity contribution in [2.45, 2.75) is 38.8 Å². The number of benzene rings is 1. The van der Waals surface area contributed by atoms with Crippen molar-refractivity contribution < 1.29 is 18.7 Å². The first kappa shape index (κ1) is 20.6. The van der Waals surface area contributed by atoms with Gasteiger partial charge in [0.2, 0.25) is 0 Å². The van der Waals surface area contributed by atoms with Crippen LogP contribution in [0.25, 0.3) is 0 Å². The molecule has 9 heteroatoms. The van der Waals surface area contributed by atoms with Crippen LogP contribution >= 0.6 is 0 Å². The molecule has 31 heavy (non-hydrogen) atoms. The standard InChI is InChI=1S/C22H25N5O4/c1-15(2)23-21(28)18-14-27(25-24-18)16-7-6-12-26(13-16)22(29)19-10-11-20(31-19)30-17-8-4-3-5-9-17/h3-5,8-11,14-16H,6-7,12-13H2,1-2H3,(H,23,28). The van der Waals surface area contributed by atoms with E-state index >= 15 is 0 Å². The van der Waals surface area contributed by atoms with Crippen LogP contribution in [0.15, 0.2) is 53.1 Å². The fraction of sp³-hybridized carbons (Fsp3) is 0.364. The highest BCUT2D eigenvalue weighted by molar-refractivity contribution is 5.92. The van der Waals surface area contributed by atoms with Crippen molar-refractivity contribution in [3.8, 4) is 11.7 Å². The molecule has 3 heterocycles. The summed E-state index contributed by atoms with van der Waals surface area (Å²) >= 11 is 0. The molecule has 1 aromatic carbocycles. The summed E-state index contributed by atoms with van der Waals surface area (Å²) in [7, 11) is 0. The lowest BCUT2D eigenvalue weighted by atomic mass is 10.1. The van der Waals surface area contributed by atoms with Crippen molar-refractivity contribution in [2.75, 3.05) is 13.1 Å². The molecule has 2 aromatic heterocycles. The molecule has 3 aromatic rings. The van der Waals surface area contributed by atoms with Gasteiger partial charge in [0.25, 0.3) is 17.8 Å². The first-order valence-electron chi connectivity index (χ1n) is 10.3. The van der Waals surface area contributed by atoms with Crippen molar-refractivity contribution in [3.05, 3.63) is 60.1 Å². The van der Waals surface area contributed by atoms with E-state index in [1.54, 1.807) is 27.9 Å². The summed E-state index contributed by atoms with van der Waals surface area (Å²) in [4.78, 5) is 26.8. The Bertz CT molecular complexity index is 1040. The highest BCUT2D eigenvalue weighted by atomic mass is 16.6. The summed E-state index contributed by atoms with van der Waals surface area (Å²) in [5, 5.41) is 10.9. The number of carbonyl (C=O) groups excluding carboxylic acids is 2. The van der Waals surface area contributed by atoms with Gasteiger partial charge in [0.05, 0.1) is 12.2 Å². The Morgan fingerprint density at radius 2 is 2.00 bits per heavy atom. The number of likely N-dealkylation sites (tertiary alicyclic amines) is 1. The van der Waals surface area contributed by atoms with E-state index < -0.39 is 0 Å². The van der Waals surface area contributed by atoms with E-state index in [1.807, 2.05) is 44.2 Å². The van der Waals surface area contributed by atoms with Gasteiger partial charge in [0, 0.05) is 25.2 Å². The van der Waals surface area contributed by atoms with E-state index in [1.165, 1.54) is 0 Å². The number of carbonyl (C=O) groups is 2. The molecule has 1 atom stereocenters. The first-order valence-corrected chi connectivity index (χ1v) is 10.3. The van der Waals surface area contributed by atoms with E-state index in [2.05, 4.69) is 15.6 Å². The molecule has 1 fully saturated rings. The van der Waals surface area contributed by atoms with Crippen LogP contribution in [0, 0.1) is 0 Å². The van der Waals surface area contributed by atoms with Gasteiger partial charge in [-0.1, -0.05) is 23.4 Å². The predicted molar refractivity (Wildman–Crippen MR) is 112 cm³/mol. The quantitative estimate of drug-likeness (QED) is 0.653. The van der Waals surface area contributed by atoms with Crippen LogP contribution in [-0.2, 0) is 0 Å². The van der Waals surface area contributed by atoms with Crippen molar-refractivity contribution >= 4 is 11.8 Å². The molecule has 1 aliphatic heterocycles. The maximum absolute atomic E-state index is 12.9. The Morgan fingerprint density at radius 3 is 2.77 bits per heavy atom. The maximum Gasteiger partial charge on any atom is 0.290 e. The van der Waals surface area contributed by atoms with Crippen LogP contribution in [0.3, 0.4) is 0 Å². The molecule has 0 bridgehead atoms. The number of nitrogens with one attached hydrogen (secondary N) is 1. The number of amides is 2. The zero-order chi connectivity index (χ0) is 21.8. The molecule has 4 rings (SSSR count). The normalized spacial score (nSPS) is 16.4. The van der Waals surface area contributed by atoms with Crippen LogP contribution < -0.4 is 10.1 Å². The number of hydrogen-bond donors (Lipinski definition) is 1. The second kappa shape index (κ2) is 9.03. The molecule has 1 aliphatic rings. The van der Waals surface area contributed by atoms with Crippen LogP contribution in [-0.4, -0.2) is 50.8 Å². The molecule has 1 unspecified atom stereocenters. The van der Waals surface area contributed by atoms with E-state index in [0.29, 0.717) is 18.8 Å². The number of furan rings is 1. The Labute approximate surface area is 180 Å². The van der Waals surface area contributed by atoms with E-state index in [9.17, 15) is 9.59 Å². The number of aromatic nitrogens is 3. The number of nitrogens with zero attached hydrogens (tertiary/aromatic N) is 4. The summed E-state index contributed by atoms with van der Waals surface area (Å²) in [6.45, 7) is 4.86. The number of rotatable bonds is 6. The average molecular weight is 423 g/mol. The van der Waals surface area contributed by atoms with Crippen LogP contribution in [0.1, 0.15) is 53.8 Å². The molecule has 1 N–H and O–H groups in total. The largest absolute Gasteiger partial charge is 0.426 e. The Kier molecular flexibility index (Phi) is 6.01.